The van der Waals surface area contributed by atoms with Crippen LogP contribution in [-0.2, 0) is 0 Å². The minimum atomic E-state index is -4.22. The number of hydrogen-bond donors (Lipinski definition) is 0. The Morgan fingerprint density at radius 3 is 2.00 bits per heavy atom. The summed E-state index contributed by atoms with van der Waals surface area (Å²) < 4.78 is 39.4. The van der Waals surface area contributed by atoms with Gasteiger partial charge in [-0.25, -0.2) is 0 Å². The summed E-state index contributed by atoms with van der Waals surface area (Å²) in [5, 5.41) is 0. The summed E-state index contributed by atoms with van der Waals surface area (Å²) in [5.74, 6) is 0.468. The normalized spacial score (nSPS) is 21.7. The SMILES string of the molecule is CCSN(CC1(C)CCCCCCC1)C(F)(F)F. The third kappa shape index (κ3) is 5.39. The van der Waals surface area contributed by atoms with Gasteiger partial charge >= 0.3 is 6.30 Å². The van der Waals surface area contributed by atoms with Crippen LogP contribution >= 0.6 is 11.9 Å². The molecule has 5 heteroatoms. The lowest BCUT2D eigenvalue weighted by Gasteiger charge is -2.36. The first kappa shape index (κ1) is 16.2. The van der Waals surface area contributed by atoms with Crippen LogP contribution in [-0.4, -0.2) is 22.9 Å². The fourth-order valence-electron chi connectivity index (χ4n) is 2.63. The van der Waals surface area contributed by atoms with E-state index < -0.39 is 6.30 Å². The summed E-state index contributed by atoms with van der Waals surface area (Å²) in [4.78, 5) is 0. The minimum absolute atomic E-state index is 0.134. The van der Waals surface area contributed by atoms with Gasteiger partial charge in [-0.1, -0.05) is 57.9 Å². The van der Waals surface area contributed by atoms with Gasteiger partial charge in [0, 0.05) is 12.3 Å². The van der Waals surface area contributed by atoms with Crippen molar-refractivity contribution in [1.82, 2.24) is 4.31 Å². The van der Waals surface area contributed by atoms with Gasteiger partial charge in [0.25, 0.3) is 0 Å². The summed E-state index contributed by atoms with van der Waals surface area (Å²) in [6.45, 7) is 3.92. The summed E-state index contributed by atoms with van der Waals surface area (Å²) in [5.41, 5.74) is -0.182. The van der Waals surface area contributed by atoms with Crippen LogP contribution in [0.3, 0.4) is 0 Å². The second-order valence-corrected chi connectivity index (χ2v) is 6.78. The van der Waals surface area contributed by atoms with Gasteiger partial charge in [-0.15, -0.1) is 0 Å². The molecule has 1 saturated carbocycles. The van der Waals surface area contributed by atoms with Gasteiger partial charge in [0.1, 0.15) is 0 Å². The van der Waals surface area contributed by atoms with E-state index >= 15 is 0 Å². The van der Waals surface area contributed by atoms with E-state index in [2.05, 4.69) is 0 Å². The van der Waals surface area contributed by atoms with E-state index in [4.69, 9.17) is 0 Å². The van der Waals surface area contributed by atoms with Gasteiger partial charge in [-0.05, 0) is 18.3 Å². The highest BCUT2D eigenvalue weighted by atomic mass is 32.2. The molecule has 0 aromatic heterocycles. The average Bonchev–Trinajstić information content (AvgIpc) is 2.23. The fraction of sp³-hybridized carbons (Fsp3) is 1.00. The molecular weight excluding hydrogens is 259 g/mol. The van der Waals surface area contributed by atoms with Crippen molar-refractivity contribution in [3.8, 4) is 0 Å². The molecule has 0 saturated heterocycles. The van der Waals surface area contributed by atoms with Crippen LogP contribution in [0.25, 0.3) is 0 Å². The number of halogens is 3. The molecule has 0 spiro atoms. The van der Waals surface area contributed by atoms with Crippen LogP contribution in [0.1, 0.15) is 58.8 Å². The summed E-state index contributed by atoms with van der Waals surface area (Å²) in [6.07, 6.45) is 3.34. The van der Waals surface area contributed by atoms with E-state index in [-0.39, 0.29) is 12.0 Å². The van der Waals surface area contributed by atoms with Crippen molar-refractivity contribution >= 4 is 11.9 Å². The van der Waals surface area contributed by atoms with Crippen molar-refractivity contribution in [2.24, 2.45) is 5.41 Å². The summed E-state index contributed by atoms with van der Waals surface area (Å²) >= 11 is 0.896. The van der Waals surface area contributed by atoms with Gasteiger partial charge in [0.15, 0.2) is 0 Å². The predicted molar refractivity (Wildman–Crippen MR) is 71.3 cm³/mol. The quantitative estimate of drug-likeness (QED) is 0.513. The molecule has 0 aromatic rings. The highest BCUT2D eigenvalue weighted by Crippen LogP contribution is 2.39. The maximum absolute atomic E-state index is 12.9. The lowest BCUT2D eigenvalue weighted by molar-refractivity contribution is -0.213. The smallest absolute Gasteiger partial charge is 0.158 e. The van der Waals surface area contributed by atoms with Gasteiger partial charge in [0.05, 0.1) is 0 Å². The van der Waals surface area contributed by atoms with Gasteiger partial charge in [0.2, 0.25) is 0 Å². The summed E-state index contributed by atoms with van der Waals surface area (Å²) in [7, 11) is 0. The molecule has 0 aliphatic heterocycles. The third-order valence-corrected chi connectivity index (χ3v) is 4.56. The topological polar surface area (TPSA) is 3.24 Å². The van der Waals surface area contributed by atoms with Crippen LogP contribution in [0.5, 0.6) is 0 Å². The Morgan fingerprint density at radius 2 is 1.56 bits per heavy atom. The fourth-order valence-corrected chi connectivity index (χ4v) is 3.49. The molecule has 0 radical (unpaired) electrons. The standard InChI is InChI=1S/C13H24F3NS/c1-3-18-17(13(14,15)16)11-12(2)9-7-5-4-6-8-10-12/h3-11H2,1-2H3. The molecule has 1 fully saturated rings. The molecular formula is C13H24F3NS. The van der Waals surface area contributed by atoms with Crippen LogP contribution < -0.4 is 0 Å². The highest BCUT2D eigenvalue weighted by Gasteiger charge is 2.41. The molecule has 0 amide bonds. The molecule has 0 unspecified atom stereocenters. The largest absolute Gasteiger partial charge is 0.469 e. The molecule has 18 heavy (non-hydrogen) atoms. The van der Waals surface area contributed by atoms with Gasteiger partial charge in [-0.2, -0.15) is 17.5 Å². The van der Waals surface area contributed by atoms with Gasteiger partial charge < -0.3 is 0 Å². The Hall–Kier alpha value is 0.100. The average molecular weight is 283 g/mol. The van der Waals surface area contributed by atoms with Crippen molar-refractivity contribution in [3.63, 3.8) is 0 Å². The molecule has 0 bridgehead atoms. The first-order valence-corrected chi connectivity index (χ1v) is 7.79. The Balaban J connectivity index is 2.63. The minimum Gasteiger partial charge on any atom is -0.158 e. The number of rotatable bonds is 4. The summed E-state index contributed by atoms with van der Waals surface area (Å²) in [6, 6.07) is 0. The lowest BCUT2D eigenvalue weighted by atomic mass is 9.78. The van der Waals surface area contributed by atoms with E-state index in [1.807, 2.05) is 6.92 Å². The zero-order valence-electron chi connectivity index (χ0n) is 11.4. The molecule has 0 heterocycles. The second-order valence-electron chi connectivity index (χ2n) is 5.50. The van der Waals surface area contributed by atoms with E-state index in [0.29, 0.717) is 10.1 Å². The third-order valence-electron chi connectivity index (χ3n) is 3.65. The number of hydrogen-bond acceptors (Lipinski definition) is 2. The Morgan fingerprint density at radius 1 is 1.06 bits per heavy atom. The monoisotopic (exact) mass is 283 g/mol. The molecule has 1 rings (SSSR count). The molecule has 1 aliphatic rings. The zero-order valence-corrected chi connectivity index (χ0v) is 12.2. The molecule has 1 aliphatic carbocycles. The Bertz CT molecular complexity index is 235. The lowest BCUT2D eigenvalue weighted by Crippen LogP contribution is -2.40. The van der Waals surface area contributed by atoms with Crippen LogP contribution in [0.15, 0.2) is 0 Å². The molecule has 1 nitrogen and oxygen atoms in total. The van der Waals surface area contributed by atoms with E-state index in [9.17, 15) is 13.2 Å². The van der Waals surface area contributed by atoms with Crippen molar-refractivity contribution in [2.75, 3.05) is 12.3 Å². The first-order chi connectivity index (χ1) is 8.37. The van der Waals surface area contributed by atoms with Crippen molar-refractivity contribution in [2.45, 2.75) is 65.1 Å². The van der Waals surface area contributed by atoms with Crippen LogP contribution in [0, 0.1) is 5.41 Å². The Kier molecular flexibility index (Phi) is 6.31. The maximum Gasteiger partial charge on any atom is 0.469 e. The molecule has 0 atom stereocenters. The van der Waals surface area contributed by atoms with Crippen LogP contribution in [0.4, 0.5) is 13.2 Å². The predicted octanol–water partition coefficient (Wildman–Crippen LogP) is 5.23. The number of nitrogens with zero attached hydrogens (tertiary/aromatic N) is 1. The molecule has 108 valence electrons. The van der Waals surface area contributed by atoms with Crippen LogP contribution in [0.2, 0.25) is 0 Å². The van der Waals surface area contributed by atoms with E-state index in [1.54, 1.807) is 6.92 Å². The van der Waals surface area contributed by atoms with Crippen molar-refractivity contribution < 1.29 is 13.2 Å². The van der Waals surface area contributed by atoms with Crippen molar-refractivity contribution in [1.29, 1.82) is 0 Å². The first-order valence-electron chi connectivity index (χ1n) is 6.85. The Labute approximate surface area is 113 Å². The van der Waals surface area contributed by atoms with Gasteiger partial charge in [-0.3, -0.25) is 0 Å². The second kappa shape index (κ2) is 7.04. The highest BCUT2D eigenvalue weighted by molar-refractivity contribution is 7.97. The number of alkyl halides is 3. The zero-order chi connectivity index (χ0) is 13.6. The van der Waals surface area contributed by atoms with E-state index in [1.165, 1.54) is 19.3 Å². The molecule has 0 aromatic carbocycles. The van der Waals surface area contributed by atoms with E-state index in [0.717, 1.165) is 37.6 Å². The molecule has 0 N–H and O–H groups in total. The maximum atomic E-state index is 12.9. The van der Waals surface area contributed by atoms with Crippen molar-refractivity contribution in [3.05, 3.63) is 0 Å².